The van der Waals surface area contributed by atoms with Crippen LogP contribution in [0.1, 0.15) is 53.8 Å². The van der Waals surface area contributed by atoms with Gasteiger partial charge >= 0.3 is 35.5 Å². The molecule has 0 bridgehead atoms. The second kappa shape index (κ2) is 12.5. The zero-order valence-corrected chi connectivity index (χ0v) is 12.4. The molecule has 0 radical (unpaired) electrons. The van der Waals surface area contributed by atoms with Gasteiger partial charge in [-0.3, -0.25) is 4.79 Å². The minimum absolute atomic E-state index is 0. The number of rotatable bonds is 9. The van der Waals surface area contributed by atoms with Crippen LogP contribution < -0.4 is 34.9 Å². The normalized spacial score (nSPS) is 11.9. The number of hydrogen-bond acceptors (Lipinski definition) is 2. The number of hydrogen-bond donors (Lipinski definition) is 2. The topological polar surface area (TPSA) is 49.3 Å². The first-order valence-electron chi connectivity index (χ1n) is 5.64. The molecule has 1 unspecified atom stereocenters. The van der Waals surface area contributed by atoms with Gasteiger partial charge in [-0.15, -0.1) is 0 Å². The summed E-state index contributed by atoms with van der Waals surface area (Å²) in [6.07, 6.45) is 7.47. The van der Waals surface area contributed by atoms with Gasteiger partial charge in [-0.05, 0) is 19.9 Å². The molecule has 0 aliphatic carbocycles. The first-order valence-corrected chi connectivity index (χ1v) is 5.64. The Labute approximate surface area is 117 Å². The van der Waals surface area contributed by atoms with Crippen molar-refractivity contribution in [1.29, 1.82) is 0 Å². The molecular formula is C11H24NNaO2. The maximum absolute atomic E-state index is 10.4. The minimum atomic E-state index is -0.768. The van der Waals surface area contributed by atoms with Crippen LogP contribution in [0.15, 0.2) is 0 Å². The van der Waals surface area contributed by atoms with Crippen LogP contribution in [0.2, 0.25) is 0 Å². The molecule has 0 aliphatic rings. The fraction of sp³-hybridized carbons (Fsp3) is 0.909. The number of aliphatic carboxylic acids is 1. The summed E-state index contributed by atoms with van der Waals surface area (Å²) in [5, 5.41) is 11.6. The fourth-order valence-corrected chi connectivity index (χ4v) is 1.31. The van der Waals surface area contributed by atoms with Crippen molar-refractivity contribution in [3.63, 3.8) is 0 Å². The van der Waals surface area contributed by atoms with Crippen molar-refractivity contribution in [1.82, 2.24) is 5.32 Å². The second-order valence-electron chi connectivity index (χ2n) is 3.78. The monoisotopic (exact) mass is 225 g/mol. The molecule has 0 aromatic heterocycles. The van der Waals surface area contributed by atoms with Crippen LogP contribution in [-0.2, 0) is 4.79 Å². The predicted octanol–water partition coefficient (Wildman–Crippen LogP) is -0.474. The van der Waals surface area contributed by atoms with Gasteiger partial charge in [-0.25, -0.2) is 0 Å². The summed E-state index contributed by atoms with van der Waals surface area (Å²) >= 11 is 0. The maximum Gasteiger partial charge on any atom is 1.00 e. The van der Waals surface area contributed by atoms with Crippen molar-refractivity contribution in [3.8, 4) is 0 Å². The first kappa shape index (κ1) is 17.8. The Morgan fingerprint density at radius 1 is 1.27 bits per heavy atom. The third kappa shape index (κ3) is 12.4. The van der Waals surface area contributed by atoms with Crippen molar-refractivity contribution in [2.75, 3.05) is 6.54 Å². The van der Waals surface area contributed by atoms with Gasteiger partial charge in [0.15, 0.2) is 0 Å². The van der Waals surface area contributed by atoms with E-state index in [1.54, 1.807) is 6.92 Å². The van der Waals surface area contributed by atoms with Crippen molar-refractivity contribution in [3.05, 3.63) is 0 Å². The van der Waals surface area contributed by atoms with Gasteiger partial charge in [0, 0.05) is 0 Å². The molecule has 0 saturated carbocycles. The van der Waals surface area contributed by atoms with Crippen LogP contribution in [0, 0.1) is 0 Å². The zero-order chi connectivity index (χ0) is 10.8. The van der Waals surface area contributed by atoms with Crippen LogP contribution in [0.3, 0.4) is 0 Å². The van der Waals surface area contributed by atoms with Gasteiger partial charge in [-0.2, -0.15) is 0 Å². The Morgan fingerprint density at radius 2 is 1.80 bits per heavy atom. The predicted molar refractivity (Wildman–Crippen MR) is 59.6 cm³/mol. The van der Waals surface area contributed by atoms with E-state index in [9.17, 15) is 4.79 Å². The summed E-state index contributed by atoms with van der Waals surface area (Å²) in [5.74, 6) is -0.768. The van der Waals surface area contributed by atoms with Crippen molar-refractivity contribution < 1.29 is 40.9 Å². The third-order valence-corrected chi connectivity index (χ3v) is 2.35. The molecule has 0 amide bonds. The fourth-order valence-electron chi connectivity index (χ4n) is 1.31. The molecule has 1 atom stereocenters. The zero-order valence-electron chi connectivity index (χ0n) is 11.4. The molecule has 0 heterocycles. The molecule has 0 spiro atoms. The maximum atomic E-state index is 10.4. The van der Waals surface area contributed by atoms with Gasteiger partial charge in [-0.1, -0.05) is 39.0 Å². The Balaban J connectivity index is -0.000000845. The van der Waals surface area contributed by atoms with E-state index in [-0.39, 0.29) is 31.0 Å². The van der Waals surface area contributed by atoms with Gasteiger partial charge in [0.2, 0.25) is 0 Å². The van der Waals surface area contributed by atoms with E-state index >= 15 is 0 Å². The molecule has 4 heteroatoms. The summed E-state index contributed by atoms with van der Waals surface area (Å²) in [6.45, 7) is 4.70. The number of carbonyl (C=O) groups is 1. The molecule has 0 aromatic carbocycles. The number of unbranched alkanes of at least 4 members (excludes halogenated alkanes) is 5. The van der Waals surface area contributed by atoms with Crippen molar-refractivity contribution in [2.45, 2.75) is 58.4 Å². The molecule has 0 aromatic rings. The van der Waals surface area contributed by atoms with E-state index in [1.165, 1.54) is 32.1 Å². The number of carboxylic acid groups (broad SMARTS) is 1. The van der Waals surface area contributed by atoms with Crippen LogP contribution >= 0.6 is 0 Å². The van der Waals surface area contributed by atoms with Gasteiger partial charge in [0.1, 0.15) is 6.04 Å². The standard InChI is InChI=1S/C11H23NO2.Na.H/c1-3-4-5-6-7-8-9-12-10(2)11(13)14;;/h10,12H,3-9H2,1-2H3,(H,13,14);;/q;+1;-1. The number of nitrogens with one attached hydrogen (secondary N) is 1. The van der Waals surface area contributed by atoms with Crippen LogP contribution in [-0.4, -0.2) is 23.7 Å². The van der Waals surface area contributed by atoms with E-state index in [0.29, 0.717) is 0 Å². The van der Waals surface area contributed by atoms with E-state index in [4.69, 9.17) is 5.11 Å². The van der Waals surface area contributed by atoms with Crippen molar-refractivity contribution >= 4 is 5.97 Å². The minimum Gasteiger partial charge on any atom is -1.00 e. The average Bonchev–Trinajstić information content (AvgIpc) is 2.16. The molecule has 3 nitrogen and oxygen atoms in total. The Morgan fingerprint density at radius 3 is 2.33 bits per heavy atom. The Hall–Kier alpha value is 0.430. The van der Waals surface area contributed by atoms with Crippen molar-refractivity contribution in [2.24, 2.45) is 0 Å². The Kier molecular flexibility index (Phi) is 14.8. The summed E-state index contributed by atoms with van der Waals surface area (Å²) in [5.41, 5.74) is 0. The van der Waals surface area contributed by atoms with Crippen LogP contribution in [0.25, 0.3) is 0 Å². The molecule has 86 valence electrons. The van der Waals surface area contributed by atoms with E-state index < -0.39 is 12.0 Å². The molecule has 0 saturated heterocycles. The van der Waals surface area contributed by atoms with Crippen LogP contribution in [0.5, 0.6) is 0 Å². The smallest absolute Gasteiger partial charge is 1.00 e. The summed E-state index contributed by atoms with van der Waals surface area (Å²) in [7, 11) is 0. The van der Waals surface area contributed by atoms with E-state index in [2.05, 4.69) is 12.2 Å². The summed E-state index contributed by atoms with van der Waals surface area (Å²) in [4.78, 5) is 10.4. The van der Waals surface area contributed by atoms with E-state index in [0.717, 1.165) is 13.0 Å². The van der Waals surface area contributed by atoms with Crippen LogP contribution in [0.4, 0.5) is 0 Å². The first-order chi connectivity index (χ1) is 6.68. The molecular weight excluding hydrogens is 201 g/mol. The molecule has 15 heavy (non-hydrogen) atoms. The number of carboxylic acids is 1. The molecule has 0 fully saturated rings. The average molecular weight is 225 g/mol. The Bertz CT molecular complexity index is 159. The quantitative estimate of drug-likeness (QED) is 0.412. The second-order valence-corrected chi connectivity index (χ2v) is 3.78. The molecule has 2 N–H and O–H groups in total. The summed E-state index contributed by atoms with van der Waals surface area (Å²) in [6, 6.07) is -0.411. The van der Waals surface area contributed by atoms with Gasteiger partial charge in [0.05, 0.1) is 0 Å². The third-order valence-electron chi connectivity index (χ3n) is 2.35. The SMILES string of the molecule is CCCCCCCCNC(C)C(=O)O.[H-].[Na+]. The van der Waals surface area contributed by atoms with Gasteiger partial charge in [0.25, 0.3) is 0 Å². The summed E-state index contributed by atoms with van der Waals surface area (Å²) < 4.78 is 0. The molecule has 0 aliphatic heterocycles. The molecule has 0 rings (SSSR count). The van der Waals surface area contributed by atoms with E-state index in [1.807, 2.05) is 0 Å². The van der Waals surface area contributed by atoms with Gasteiger partial charge < -0.3 is 11.8 Å². The largest absolute Gasteiger partial charge is 1.00 e.